The number of hydrogen-bond donors (Lipinski definition) is 5. The Morgan fingerprint density at radius 3 is 2.62 bits per heavy atom. The highest BCUT2D eigenvalue weighted by molar-refractivity contribution is 5.86. The van der Waals surface area contributed by atoms with Crippen LogP contribution in [-0.2, 0) is 15.2 Å². The first kappa shape index (κ1) is 23.5. The summed E-state index contributed by atoms with van der Waals surface area (Å²) in [6, 6.07) is -0.634. The van der Waals surface area contributed by atoms with Gasteiger partial charge in [-0.1, -0.05) is 24.5 Å². The average Bonchev–Trinajstić information content (AvgIpc) is 3.30. The Kier molecular flexibility index (Phi) is 7.26. The lowest BCUT2D eigenvalue weighted by molar-refractivity contribution is -0.135. The molecule has 164 valence electrons. The van der Waals surface area contributed by atoms with Crippen LogP contribution >= 0.6 is 12.4 Å². The topological polar surface area (TPSA) is 155 Å². The molecule has 0 bridgehead atoms. The standard InChI is InChI=1S/C18H30N6O4.ClH/c1-17(2,28)13-10-21-23-24(13)11-8-12(20-9-11)16(27)22-18(14(25)15(19)26)6-4-3-5-7-18;/h10-12,14,20,25,28H,3-9H2,1-2H3,(H2,19,26)(H,22,27);1H. The molecule has 1 aliphatic carbocycles. The molecule has 11 heteroatoms. The van der Waals surface area contributed by atoms with E-state index in [1.807, 2.05) is 0 Å². The summed E-state index contributed by atoms with van der Waals surface area (Å²) in [5.74, 6) is -1.09. The number of halogens is 1. The van der Waals surface area contributed by atoms with Crippen molar-refractivity contribution in [3.8, 4) is 0 Å². The van der Waals surface area contributed by atoms with Gasteiger partial charge in [0, 0.05) is 6.54 Å². The Bertz CT molecular complexity index is 728. The van der Waals surface area contributed by atoms with Crippen molar-refractivity contribution < 1.29 is 19.8 Å². The van der Waals surface area contributed by atoms with E-state index in [1.165, 1.54) is 6.20 Å². The van der Waals surface area contributed by atoms with E-state index in [2.05, 4.69) is 20.9 Å². The molecule has 2 amide bonds. The molecule has 3 atom stereocenters. The number of nitrogens with zero attached hydrogens (tertiary/aromatic N) is 3. The maximum Gasteiger partial charge on any atom is 0.248 e. The van der Waals surface area contributed by atoms with Crippen molar-refractivity contribution >= 4 is 24.2 Å². The second-order valence-electron chi connectivity index (χ2n) is 8.48. The molecular weight excluding hydrogens is 400 g/mol. The molecule has 1 aromatic rings. The Morgan fingerprint density at radius 1 is 1.38 bits per heavy atom. The van der Waals surface area contributed by atoms with Crippen LogP contribution in [0.1, 0.15) is 64.1 Å². The molecule has 2 fully saturated rings. The van der Waals surface area contributed by atoms with E-state index < -0.39 is 29.2 Å². The SMILES string of the molecule is CC(C)(O)c1cnnn1C1CNC(C(=O)NC2(C(O)C(N)=O)CCCCC2)C1.Cl. The van der Waals surface area contributed by atoms with Crippen molar-refractivity contribution in [2.45, 2.75) is 81.7 Å². The Morgan fingerprint density at radius 2 is 2.03 bits per heavy atom. The molecule has 10 nitrogen and oxygen atoms in total. The highest BCUT2D eigenvalue weighted by Gasteiger charge is 2.45. The number of amides is 2. The third kappa shape index (κ3) is 4.88. The van der Waals surface area contributed by atoms with Crippen molar-refractivity contribution in [2.75, 3.05) is 6.54 Å². The maximum absolute atomic E-state index is 12.9. The van der Waals surface area contributed by atoms with Crippen molar-refractivity contribution in [3.63, 3.8) is 0 Å². The lowest BCUT2D eigenvalue weighted by Crippen LogP contribution is -2.63. The van der Waals surface area contributed by atoms with Gasteiger partial charge in [0.15, 0.2) is 6.10 Å². The number of carbonyl (C=O) groups is 2. The molecule has 29 heavy (non-hydrogen) atoms. The fourth-order valence-corrected chi connectivity index (χ4v) is 4.31. The van der Waals surface area contributed by atoms with E-state index in [0.717, 1.165) is 19.3 Å². The van der Waals surface area contributed by atoms with Crippen molar-refractivity contribution in [2.24, 2.45) is 5.73 Å². The number of primary amides is 1. The summed E-state index contributed by atoms with van der Waals surface area (Å²) in [4.78, 5) is 24.5. The molecule has 0 radical (unpaired) electrons. The van der Waals surface area contributed by atoms with E-state index in [0.29, 0.717) is 31.5 Å². The third-order valence-electron chi connectivity index (χ3n) is 5.88. The van der Waals surface area contributed by atoms with Crippen LogP contribution in [0, 0.1) is 0 Å². The number of nitrogens with one attached hydrogen (secondary N) is 2. The summed E-state index contributed by atoms with van der Waals surface area (Å²) in [6.45, 7) is 3.82. The summed E-state index contributed by atoms with van der Waals surface area (Å²) in [5, 5.41) is 34.7. The highest BCUT2D eigenvalue weighted by atomic mass is 35.5. The number of rotatable bonds is 6. The maximum atomic E-state index is 12.9. The van der Waals surface area contributed by atoms with E-state index in [-0.39, 0.29) is 24.4 Å². The molecular formula is C18H31ClN6O4. The molecule has 0 aromatic carbocycles. The van der Waals surface area contributed by atoms with Crippen LogP contribution in [0.2, 0.25) is 0 Å². The molecule has 2 heterocycles. The van der Waals surface area contributed by atoms with Gasteiger partial charge in [-0.25, -0.2) is 4.68 Å². The number of aliphatic hydroxyl groups excluding tert-OH is 1. The van der Waals surface area contributed by atoms with Gasteiger partial charge in [-0.3, -0.25) is 9.59 Å². The Hall–Kier alpha value is -1.75. The molecule has 0 spiro atoms. The summed E-state index contributed by atoms with van der Waals surface area (Å²) in [7, 11) is 0. The number of hydrogen-bond acceptors (Lipinski definition) is 7. The minimum absolute atomic E-state index is 0. The molecule has 3 unspecified atom stereocenters. The molecule has 2 aliphatic rings. The van der Waals surface area contributed by atoms with E-state index in [1.54, 1.807) is 18.5 Å². The van der Waals surface area contributed by atoms with Gasteiger partial charge in [0.05, 0.1) is 29.5 Å². The zero-order valence-electron chi connectivity index (χ0n) is 16.8. The zero-order chi connectivity index (χ0) is 20.5. The van der Waals surface area contributed by atoms with E-state index in [9.17, 15) is 19.8 Å². The van der Waals surface area contributed by atoms with Gasteiger partial charge in [0.25, 0.3) is 0 Å². The van der Waals surface area contributed by atoms with E-state index in [4.69, 9.17) is 5.73 Å². The number of aromatic nitrogens is 3. The highest BCUT2D eigenvalue weighted by Crippen LogP contribution is 2.32. The Labute approximate surface area is 176 Å². The predicted octanol–water partition coefficient (Wildman–Crippen LogP) is -0.504. The second kappa shape index (κ2) is 8.95. The first-order valence-electron chi connectivity index (χ1n) is 9.80. The third-order valence-corrected chi connectivity index (χ3v) is 5.88. The lowest BCUT2D eigenvalue weighted by atomic mass is 9.77. The normalized spacial score (nSPS) is 25.1. The lowest BCUT2D eigenvalue weighted by Gasteiger charge is -2.41. The minimum atomic E-state index is -1.41. The van der Waals surface area contributed by atoms with Crippen LogP contribution in [0.3, 0.4) is 0 Å². The quantitative estimate of drug-likeness (QED) is 0.407. The van der Waals surface area contributed by atoms with Crippen LogP contribution in [0.5, 0.6) is 0 Å². The van der Waals surface area contributed by atoms with Gasteiger partial charge in [-0.05, 0) is 33.1 Å². The number of aliphatic hydroxyl groups is 2. The minimum Gasteiger partial charge on any atom is -0.384 e. The zero-order valence-corrected chi connectivity index (χ0v) is 17.6. The number of nitrogens with two attached hydrogens (primary N) is 1. The first-order chi connectivity index (χ1) is 13.1. The fourth-order valence-electron chi connectivity index (χ4n) is 4.31. The van der Waals surface area contributed by atoms with Crippen molar-refractivity contribution in [1.82, 2.24) is 25.6 Å². The molecule has 3 rings (SSSR count). The van der Waals surface area contributed by atoms with Crippen molar-refractivity contribution in [3.05, 3.63) is 11.9 Å². The van der Waals surface area contributed by atoms with Gasteiger partial charge in [0.2, 0.25) is 11.8 Å². The van der Waals surface area contributed by atoms with E-state index >= 15 is 0 Å². The smallest absolute Gasteiger partial charge is 0.248 e. The van der Waals surface area contributed by atoms with Gasteiger partial charge < -0.3 is 26.6 Å². The first-order valence-corrected chi connectivity index (χ1v) is 9.80. The molecule has 1 aromatic heterocycles. The second-order valence-corrected chi connectivity index (χ2v) is 8.48. The fraction of sp³-hybridized carbons (Fsp3) is 0.778. The molecule has 1 aliphatic heterocycles. The van der Waals surface area contributed by atoms with Crippen LogP contribution in [0.4, 0.5) is 0 Å². The van der Waals surface area contributed by atoms with Gasteiger partial charge in [-0.15, -0.1) is 17.5 Å². The van der Waals surface area contributed by atoms with Crippen LogP contribution in [0.15, 0.2) is 6.20 Å². The van der Waals surface area contributed by atoms with Crippen LogP contribution in [-0.4, -0.2) is 61.3 Å². The van der Waals surface area contributed by atoms with Gasteiger partial charge in [0.1, 0.15) is 5.60 Å². The van der Waals surface area contributed by atoms with Gasteiger partial charge in [-0.2, -0.15) is 0 Å². The molecule has 6 N–H and O–H groups in total. The van der Waals surface area contributed by atoms with Gasteiger partial charge >= 0.3 is 0 Å². The average molecular weight is 431 g/mol. The molecule has 1 saturated carbocycles. The Balaban J connectivity index is 0.00000300. The summed E-state index contributed by atoms with van der Waals surface area (Å²) >= 11 is 0. The van der Waals surface area contributed by atoms with Crippen LogP contribution in [0.25, 0.3) is 0 Å². The number of carbonyl (C=O) groups excluding carboxylic acids is 2. The summed E-state index contributed by atoms with van der Waals surface area (Å²) in [5.41, 5.74) is 3.80. The van der Waals surface area contributed by atoms with Crippen LogP contribution < -0.4 is 16.4 Å². The largest absolute Gasteiger partial charge is 0.384 e. The van der Waals surface area contributed by atoms with Crippen molar-refractivity contribution in [1.29, 1.82) is 0 Å². The predicted molar refractivity (Wildman–Crippen MR) is 107 cm³/mol. The monoisotopic (exact) mass is 430 g/mol. The molecule has 1 saturated heterocycles. The summed E-state index contributed by atoms with van der Waals surface area (Å²) < 4.78 is 1.65. The summed E-state index contributed by atoms with van der Waals surface area (Å²) in [6.07, 6.45) is 4.24.